The topological polar surface area (TPSA) is 101 Å². The minimum Gasteiger partial charge on any atom is -0.336 e. The van der Waals surface area contributed by atoms with Gasteiger partial charge in [-0.05, 0) is 24.6 Å². The van der Waals surface area contributed by atoms with E-state index in [2.05, 4.69) is 4.90 Å². The van der Waals surface area contributed by atoms with Gasteiger partial charge in [-0.2, -0.15) is 0 Å². The van der Waals surface area contributed by atoms with E-state index in [0.717, 1.165) is 11.8 Å². The maximum atomic E-state index is 14.1. The maximum absolute atomic E-state index is 14.1. The molecule has 2 aromatic carbocycles. The van der Waals surface area contributed by atoms with Crippen molar-refractivity contribution in [3.8, 4) is 0 Å². The Kier molecular flexibility index (Phi) is 6.50. The fraction of sp³-hybridized carbons (Fsp3) is 0.381. The summed E-state index contributed by atoms with van der Waals surface area (Å²) >= 11 is 1.05. The Labute approximate surface area is 189 Å². The van der Waals surface area contributed by atoms with E-state index in [-0.39, 0.29) is 34.7 Å². The molecule has 0 N–H and O–H groups in total. The van der Waals surface area contributed by atoms with Gasteiger partial charge in [0.1, 0.15) is 5.82 Å². The van der Waals surface area contributed by atoms with Crippen LogP contribution < -0.4 is 0 Å². The zero-order valence-electron chi connectivity index (χ0n) is 17.1. The van der Waals surface area contributed by atoms with Crippen molar-refractivity contribution in [1.82, 2.24) is 9.80 Å². The highest BCUT2D eigenvalue weighted by Crippen LogP contribution is 2.35. The highest BCUT2D eigenvalue weighted by atomic mass is 32.2. The molecule has 4 rings (SSSR count). The number of benzene rings is 2. The van der Waals surface area contributed by atoms with Gasteiger partial charge in [-0.15, -0.1) is 0 Å². The van der Waals surface area contributed by atoms with Gasteiger partial charge in [0.2, 0.25) is 0 Å². The summed E-state index contributed by atoms with van der Waals surface area (Å²) in [6.07, 6.45) is 0.602. The molecule has 1 amide bonds. The fourth-order valence-electron chi connectivity index (χ4n) is 4.06. The quantitative estimate of drug-likeness (QED) is 0.480. The van der Waals surface area contributed by atoms with Crippen LogP contribution >= 0.6 is 11.8 Å². The Morgan fingerprint density at radius 2 is 1.81 bits per heavy atom. The first-order valence-corrected chi connectivity index (χ1v) is 12.8. The normalized spacial score (nSPS) is 20.9. The number of amides is 1. The van der Waals surface area contributed by atoms with Crippen molar-refractivity contribution in [3.05, 3.63) is 64.0 Å². The highest BCUT2D eigenvalue weighted by Gasteiger charge is 2.35. The van der Waals surface area contributed by atoms with Gasteiger partial charge in [0.25, 0.3) is 11.6 Å². The first kappa shape index (κ1) is 22.7. The molecular weight excluding hydrogens is 457 g/mol. The molecule has 1 unspecified atom stereocenters. The molecule has 32 heavy (non-hydrogen) atoms. The number of hydrogen-bond acceptors (Lipinski definition) is 7. The van der Waals surface area contributed by atoms with Gasteiger partial charge in [-0.25, -0.2) is 12.8 Å². The van der Waals surface area contributed by atoms with E-state index < -0.39 is 20.6 Å². The van der Waals surface area contributed by atoms with Crippen LogP contribution in [0.25, 0.3) is 0 Å². The van der Waals surface area contributed by atoms with Crippen molar-refractivity contribution in [1.29, 1.82) is 0 Å². The number of carbonyl (C=O) groups is 1. The minimum atomic E-state index is -2.99. The number of carbonyl (C=O) groups excluding carboxylic acids is 1. The fourth-order valence-corrected chi connectivity index (χ4v) is 6.76. The number of nitro groups is 1. The molecule has 0 aromatic heterocycles. The predicted molar refractivity (Wildman–Crippen MR) is 118 cm³/mol. The number of sulfone groups is 1. The molecular formula is C21H22FN3O5S2. The lowest BCUT2D eigenvalue weighted by Gasteiger charge is -2.37. The summed E-state index contributed by atoms with van der Waals surface area (Å²) in [4.78, 5) is 28.5. The van der Waals surface area contributed by atoms with E-state index >= 15 is 0 Å². The second kappa shape index (κ2) is 9.16. The van der Waals surface area contributed by atoms with Crippen molar-refractivity contribution in [2.75, 3.05) is 37.7 Å². The van der Waals surface area contributed by atoms with E-state index in [9.17, 15) is 27.7 Å². The Morgan fingerprint density at radius 1 is 1.09 bits per heavy atom. The van der Waals surface area contributed by atoms with E-state index in [1.54, 1.807) is 23.1 Å². The summed E-state index contributed by atoms with van der Waals surface area (Å²) < 4.78 is 37.7. The third-order valence-corrected chi connectivity index (χ3v) is 8.66. The zero-order valence-corrected chi connectivity index (χ0v) is 18.8. The lowest BCUT2D eigenvalue weighted by molar-refractivity contribution is -0.384. The van der Waals surface area contributed by atoms with Crippen LogP contribution in [0.15, 0.2) is 52.3 Å². The monoisotopic (exact) mass is 479 g/mol. The summed E-state index contributed by atoms with van der Waals surface area (Å²) in [7, 11) is -2.99. The highest BCUT2D eigenvalue weighted by molar-refractivity contribution is 7.99. The zero-order chi connectivity index (χ0) is 22.9. The summed E-state index contributed by atoms with van der Waals surface area (Å²) in [5.74, 6) is -0.447. The number of hydrogen-bond donors (Lipinski definition) is 0. The lowest BCUT2D eigenvalue weighted by Crippen LogP contribution is -2.52. The lowest BCUT2D eigenvalue weighted by atomic mass is 10.1. The van der Waals surface area contributed by atoms with Crippen LogP contribution in [0, 0.1) is 15.9 Å². The Hall–Kier alpha value is -2.50. The minimum absolute atomic E-state index is 0.0257. The molecule has 2 saturated heterocycles. The second-order valence-electron chi connectivity index (χ2n) is 7.86. The molecule has 2 fully saturated rings. The molecule has 1 atom stereocenters. The van der Waals surface area contributed by atoms with E-state index in [1.165, 1.54) is 24.3 Å². The average Bonchev–Trinajstić information content (AvgIpc) is 3.14. The molecule has 0 spiro atoms. The molecule has 0 aliphatic carbocycles. The maximum Gasteiger partial charge on any atom is 0.270 e. The molecule has 170 valence electrons. The number of non-ortho nitro benzene ring substituents is 1. The van der Waals surface area contributed by atoms with Gasteiger partial charge in [-0.3, -0.25) is 19.8 Å². The molecule has 2 aromatic rings. The van der Waals surface area contributed by atoms with Crippen molar-refractivity contribution >= 4 is 33.2 Å². The third kappa shape index (κ3) is 4.94. The molecule has 2 aliphatic heterocycles. The molecule has 8 nitrogen and oxygen atoms in total. The van der Waals surface area contributed by atoms with Gasteiger partial charge in [0.05, 0.1) is 22.0 Å². The molecule has 11 heteroatoms. The van der Waals surface area contributed by atoms with Crippen LogP contribution in [0.1, 0.15) is 16.8 Å². The number of nitrogens with zero attached hydrogens (tertiary/aromatic N) is 3. The summed E-state index contributed by atoms with van der Waals surface area (Å²) in [6, 6.07) is 10.1. The smallest absolute Gasteiger partial charge is 0.270 e. The predicted octanol–water partition coefficient (Wildman–Crippen LogP) is 2.83. The number of rotatable bonds is 5. The standard InChI is InChI=1S/C21H22FN3O5S2/c22-18-3-1-2-4-20(18)31-19-6-5-15(25(27)28)13-17(19)21(26)24-10-8-23(9-11-24)16-7-12-32(29,30)14-16/h1-6,13,16H,7-12,14H2. The van der Waals surface area contributed by atoms with Gasteiger partial charge in [0.15, 0.2) is 9.84 Å². The largest absolute Gasteiger partial charge is 0.336 e. The van der Waals surface area contributed by atoms with Crippen molar-refractivity contribution in [2.24, 2.45) is 0 Å². The van der Waals surface area contributed by atoms with Crippen LogP contribution in [0.2, 0.25) is 0 Å². The third-order valence-electron chi connectivity index (χ3n) is 5.79. The Bertz CT molecular complexity index is 1150. The summed E-state index contributed by atoms with van der Waals surface area (Å²) in [6.45, 7) is 1.86. The van der Waals surface area contributed by atoms with Crippen LogP contribution in [-0.4, -0.2) is 72.8 Å². The SMILES string of the molecule is O=C(c1cc([N+](=O)[O-])ccc1Sc1ccccc1F)N1CCN(C2CCS(=O)(=O)C2)CC1. The number of nitro benzene ring substituents is 1. The second-order valence-corrected chi connectivity index (χ2v) is 11.2. The van der Waals surface area contributed by atoms with Crippen LogP contribution in [0.4, 0.5) is 10.1 Å². The average molecular weight is 480 g/mol. The number of halogens is 1. The molecule has 2 heterocycles. The van der Waals surface area contributed by atoms with Crippen molar-refractivity contribution in [2.45, 2.75) is 22.3 Å². The Morgan fingerprint density at radius 3 is 2.44 bits per heavy atom. The molecule has 2 aliphatic rings. The summed E-state index contributed by atoms with van der Waals surface area (Å²) in [5.41, 5.74) is -0.0506. The summed E-state index contributed by atoms with van der Waals surface area (Å²) in [5, 5.41) is 11.3. The van der Waals surface area contributed by atoms with E-state index in [4.69, 9.17) is 0 Å². The van der Waals surface area contributed by atoms with Crippen LogP contribution in [0.5, 0.6) is 0 Å². The molecule has 0 radical (unpaired) electrons. The molecule has 0 bridgehead atoms. The van der Waals surface area contributed by atoms with Gasteiger partial charge >= 0.3 is 0 Å². The van der Waals surface area contributed by atoms with Gasteiger partial charge < -0.3 is 4.90 Å². The van der Waals surface area contributed by atoms with E-state index in [1.807, 2.05) is 0 Å². The van der Waals surface area contributed by atoms with Crippen molar-refractivity contribution in [3.63, 3.8) is 0 Å². The van der Waals surface area contributed by atoms with Gasteiger partial charge in [-0.1, -0.05) is 23.9 Å². The first-order chi connectivity index (χ1) is 15.2. The Balaban J connectivity index is 1.53. The van der Waals surface area contributed by atoms with Crippen molar-refractivity contribution < 1.29 is 22.5 Å². The molecule has 0 saturated carbocycles. The van der Waals surface area contributed by atoms with E-state index in [0.29, 0.717) is 42.4 Å². The van der Waals surface area contributed by atoms with Gasteiger partial charge in [0, 0.05) is 54.1 Å². The van der Waals surface area contributed by atoms with Crippen LogP contribution in [-0.2, 0) is 9.84 Å². The number of piperazine rings is 1. The first-order valence-electron chi connectivity index (χ1n) is 10.2. The van der Waals surface area contributed by atoms with Crippen LogP contribution in [0.3, 0.4) is 0 Å².